The Balaban J connectivity index is 2.56. The van der Waals surface area contributed by atoms with Gasteiger partial charge in [0.05, 0.1) is 0 Å². The van der Waals surface area contributed by atoms with Crippen LogP contribution in [0.2, 0.25) is 0 Å². The van der Waals surface area contributed by atoms with Crippen molar-refractivity contribution in [2.24, 2.45) is 0 Å². The largest absolute Gasteiger partial charge is 0.303 e. The Labute approximate surface area is 83.9 Å². The monoisotopic (exact) mass is 190 g/mol. The molecule has 0 aliphatic carbocycles. The van der Waals surface area contributed by atoms with E-state index in [-0.39, 0.29) is 5.78 Å². The third kappa shape index (κ3) is 3.13. The van der Waals surface area contributed by atoms with Gasteiger partial charge in [-0.3, -0.25) is 4.79 Å². The van der Waals surface area contributed by atoms with Gasteiger partial charge in [-0.05, 0) is 18.1 Å². The van der Waals surface area contributed by atoms with E-state index in [4.69, 9.17) is 0 Å². The van der Waals surface area contributed by atoms with Gasteiger partial charge in [-0.25, -0.2) is 0 Å². The first-order valence-electron chi connectivity index (χ1n) is 4.74. The van der Waals surface area contributed by atoms with Gasteiger partial charge in [0.1, 0.15) is 12.1 Å². The van der Waals surface area contributed by atoms with E-state index < -0.39 is 0 Å². The smallest absolute Gasteiger partial charge is 0.137 e. The van der Waals surface area contributed by atoms with Crippen molar-refractivity contribution >= 4 is 12.1 Å². The molecule has 0 aromatic heterocycles. The van der Waals surface area contributed by atoms with Crippen LogP contribution in [0, 0.1) is 6.92 Å². The van der Waals surface area contributed by atoms with Gasteiger partial charge in [-0.2, -0.15) is 0 Å². The highest BCUT2D eigenvalue weighted by atomic mass is 16.1. The Morgan fingerprint density at radius 3 is 2.71 bits per heavy atom. The molecule has 1 rings (SSSR count). The molecule has 2 heteroatoms. The van der Waals surface area contributed by atoms with Gasteiger partial charge in [0.25, 0.3) is 0 Å². The summed E-state index contributed by atoms with van der Waals surface area (Å²) in [5.41, 5.74) is 2.19. The summed E-state index contributed by atoms with van der Waals surface area (Å²) in [5, 5.41) is 0. The number of aldehydes is 1. The lowest BCUT2D eigenvalue weighted by Crippen LogP contribution is -2.03. The topological polar surface area (TPSA) is 34.1 Å². The molecule has 0 bridgehead atoms. The summed E-state index contributed by atoms with van der Waals surface area (Å²) in [6.45, 7) is 1.99. The van der Waals surface area contributed by atoms with Gasteiger partial charge in [0.15, 0.2) is 0 Å². The van der Waals surface area contributed by atoms with Crippen LogP contribution in [0.4, 0.5) is 0 Å². The lowest BCUT2D eigenvalue weighted by Gasteiger charge is -2.03. The molecule has 0 heterocycles. The molecule has 0 atom stereocenters. The van der Waals surface area contributed by atoms with E-state index >= 15 is 0 Å². The van der Waals surface area contributed by atoms with Gasteiger partial charge in [0.2, 0.25) is 0 Å². The van der Waals surface area contributed by atoms with Crippen LogP contribution in [-0.2, 0) is 16.0 Å². The fourth-order valence-corrected chi connectivity index (χ4v) is 1.33. The van der Waals surface area contributed by atoms with Crippen LogP contribution in [0.3, 0.4) is 0 Å². The number of carbonyl (C=O) groups excluding carboxylic acids is 2. The van der Waals surface area contributed by atoms with Crippen LogP contribution >= 0.6 is 0 Å². The molecule has 0 aliphatic heterocycles. The Morgan fingerprint density at radius 2 is 2.07 bits per heavy atom. The second-order valence-electron chi connectivity index (χ2n) is 3.35. The zero-order valence-corrected chi connectivity index (χ0v) is 8.32. The lowest BCUT2D eigenvalue weighted by atomic mass is 10.0. The van der Waals surface area contributed by atoms with Crippen LogP contribution in [0.5, 0.6) is 0 Å². The van der Waals surface area contributed by atoms with Gasteiger partial charge in [-0.15, -0.1) is 0 Å². The molecule has 0 aliphatic rings. The normalized spacial score (nSPS) is 9.79. The van der Waals surface area contributed by atoms with E-state index in [1.54, 1.807) is 0 Å². The van der Waals surface area contributed by atoms with Crippen molar-refractivity contribution < 1.29 is 9.59 Å². The van der Waals surface area contributed by atoms with Crippen molar-refractivity contribution in [2.75, 3.05) is 0 Å². The Hall–Kier alpha value is -1.44. The van der Waals surface area contributed by atoms with E-state index in [1.807, 2.05) is 31.2 Å². The third-order valence-electron chi connectivity index (χ3n) is 2.19. The van der Waals surface area contributed by atoms with Crippen LogP contribution in [-0.4, -0.2) is 12.1 Å². The zero-order valence-electron chi connectivity index (χ0n) is 8.32. The maximum atomic E-state index is 11.4. The number of hydrogen-bond donors (Lipinski definition) is 0. The number of carbonyl (C=O) groups is 2. The molecule has 0 unspecified atom stereocenters. The Kier molecular flexibility index (Phi) is 4.05. The van der Waals surface area contributed by atoms with E-state index in [9.17, 15) is 9.59 Å². The molecule has 0 amide bonds. The zero-order chi connectivity index (χ0) is 10.4. The van der Waals surface area contributed by atoms with Gasteiger partial charge >= 0.3 is 0 Å². The average molecular weight is 190 g/mol. The summed E-state index contributed by atoms with van der Waals surface area (Å²) < 4.78 is 0. The molecule has 1 aromatic carbocycles. The molecule has 0 saturated heterocycles. The molecular weight excluding hydrogens is 176 g/mol. The van der Waals surface area contributed by atoms with E-state index in [0.29, 0.717) is 19.3 Å². The molecule has 0 N–H and O–H groups in total. The van der Waals surface area contributed by atoms with Crippen LogP contribution in [0.1, 0.15) is 24.0 Å². The summed E-state index contributed by atoms with van der Waals surface area (Å²) in [7, 11) is 0. The summed E-state index contributed by atoms with van der Waals surface area (Å²) in [6, 6.07) is 7.82. The third-order valence-corrected chi connectivity index (χ3v) is 2.19. The molecule has 14 heavy (non-hydrogen) atoms. The lowest BCUT2D eigenvalue weighted by molar-refractivity contribution is -0.120. The molecule has 1 aromatic rings. The minimum absolute atomic E-state index is 0.131. The predicted octanol–water partition coefficient (Wildman–Crippen LogP) is 2.09. The molecular formula is C12H14O2. The van der Waals surface area contributed by atoms with Crippen molar-refractivity contribution in [1.29, 1.82) is 0 Å². The first-order chi connectivity index (χ1) is 6.74. The van der Waals surface area contributed by atoms with Crippen molar-refractivity contribution in [1.82, 2.24) is 0 Å². The summed E-state index contributed by atoms with van der Waals surface area (Å²) in [6.07, 6.45) is 1.93. The quantitative estimate of drug-likeness (QED) is 0.666. The van der Waals surface area contributed by atoms with Crippen molar-refractivity contribution in [3.8, 4) is 0 Å². The molecule has 0 saturated carbocycles. The molecule has 0 radical (unpaired) electrons. The Morgan fingerprint density at radius 1 is 1.36 bits per heavy atom. The minimum atomic E-state index is 0.131. The fourth-order valence-electron chi connectivity index (χ4n) is 1.33. The van der Waals surface area contributed by atoms with Crippen molar-refractivity contribution in [2.45, 2.75) is 26.2 Å². The van der Waals surface area contributed by atoms with Gasteiger partial charge in [0, 0.05) is 19.3 Å². The summed E-state index contributed by atoms with van der Waals surface area (Å²) >= 11 is 0. The standard InChI is InChI=1S/C12H14O2/c1-10-5-2-3-6-11(10)9-12(14)7-4-8-13/h2-3,5-6,8H,4,7,9H2,1H3. The summed E-state index contributed by atoms with van der Waals surface area (Å²) in [4.78, 5) is 21.4. The number of ketones is 1. The van der Waals surface area contributed by atoms with Crippen LogP contribution in [0.25, 0.3) is 0 Å². The van der Waals surface area contributed by atoms with E-state index in [2.05, 4.69) is 0 Å². The van der Waals surface area contributed by atoms with Gasteiger partial charge < -0.3 is 4.79 Å². The number of aryl methyl sites for hydroxylation is 1. The SMILES string of the molecule is Cc1ccccc1CC(=O)CCC=O. The second-order valence-corrected chi connectivity index (χ2v) is 3.35. The maximum Gasteiger partial charge on any atom is 0.137 e. The molecule has 0 fully saturated rings. The van der Waals surface area contributed by atoms with Gasteiger partial charge in [-0.1, -0.05) is 24.3 Å². The Bertz CT molecular complexity index is 329. The van der Waals surface area contributed by atoms with Crippen molar-refractivity contribution in [3.63, 3.8) is 0 Å². The first-order valence-corrected chi connectivity index (χ1v) is 4.74. The van der Waals surface area contributed by atoms with Crippen LogP contribution < -0.4 is 0 Å². The fraction of sp³-hybridized carbons (Fsp3) is 0.333. The van der Waals surface area contributed by atoms with E-state index in [0.717, 1.165) is 17.4 Å². The number of benzene rings is 1. The van der Waals surface area contributed by atoms with E-state index in [1.165, 1.54) is 0 Å². The highest BCUT2D eigenvalue weighted by Gasteiger charge is 2.04. The maximum absolute atomic E-state index is 11.4. The number of hydrogen-bond acceptors (Lipinski definition) is 2. The molecule has 2 nitrogen and oxygen atoms in total. The average Bonchev–Trinajstić information content (AvgIpc) is 2.18. The number of Topliss-reactive ketones (excluding diaryl/α,β-unsaturated/α-hetero) is 1. The van der Waals surface area contributed by atoms with Crippen molar-refractivity contribution in [3.05, 3.63) is 35.4 Å². The molecule has 0 spiro atoms. The van der Waals surface area contributed by atoms with Crippen LogP contribution in [0.15, 0.2) is 24.3 Å². The highest BCUT2D eigenvalue weighted by Crippen LogP contribution is 2.09. The minimum Gasteiger partial charge on any atom is -0.303 e. The predicted molar refractivity (Wildman–Crippen MR) is 55.2 cm³/mol. The second kappa shape index (κ2) is 5.32. The molecule has 74 valence electrons. The number of rotatable bonds is 5. The first kappa shape index (κ1) is 10.6. The summed E-state index contributed by atoms with van der Waals surface area (Å²) in [5.74, 6) is 0.131. The highest BCUT2D eigenvalue weighted by molar-refractivity contribution is 5.82.